The van der Waals surface area contributed by atoms with E-state index in [1.165, 1.54) is 64.5 Å². The SMILES string of the molecule is O=C(NCC1(N2CCCCC2)CCCCC1)N1CCCC(CO)C1. The standard InChI is InChI=1S/C19H35N3O2/c23-15-17-8-7-11-21(14-17)18(24)20-16-19(9-3-1-4-10-19)22-12-5-2-6-13-22/h17,23H,1-16H2,(H,20,24). The zero-order valence-corrected chi connectivity index (χ0v) is 15.1. The van der Waals surface area contributed by atoms with Crippen LogP contribution in [0.2, 0.25) is 0 Å². The minimum atomic E-state index is 0.0788. The summed E-state index contributed by atoms with van der Waals surface area (Å²) >= 11 is 0. The molecule has 2 N–H and O–H groups in total. The van der Waals surface area contributed by atoms with Gasteiger partial charge in [-0.05, 0) is 57.5 Å². The number of amides is 2. The van der Waals surface area contributed by atoms with Crippen molar-refractivity contribution in [1.29, 1.82) is 0 Å². The molecule has 5 nitrogen and oxygen atoms in total. The summed E-state index contributed by atoms with van der Waals surface area (Å²) < 4.78 is 0. The Morgan fingerprint density at radius 3 is 2.42 bits per heavy atom. The first-order valence-electron chi connectivity index (χ1n) is 10.1. The summed E-state index contributed by atoms with van der Waals surface area (Å²) in [7, 11) is 0. The average molecular weight is 338 g/mol. The van der Waals surface area contributed by atoms with Crippen molar-refractivity contribution >= 4 is 6.03 Å². The molecule has 1 atom stereocenters. The number of piperidine rings is 2. The average Bonchev–Trinajstić information content (AvgIpc) is 2.67. The highest BCUT2D eigenvalue weighted by Crippen LogP contribution is 2.35. The minimum absolute atomic E-state index is 0.0788. The zero-order valence-electron chi connectivity index (χ0n) is 15.1. The molecular weight excluding hydrogens is 302 g/mol. The molecule has 0 aromatic rings. The van der Waals surface area contributed by atoms with Crippen LogP contribution in [0.25, 0.3) is 0 Å². The number of urea groups is 1. The van der Waals surface area contributed by atoms with Crippen molar-refractivity contribution in [2.45, 2.75) is 69.7 Å². The highest BCUT2D eigenvalue weighted by molar-refractivity contribution is 5.74. The van der Waals surface area contributed by atoms with Gasteiger partial charge in [-0.3, -0.25) is 4.90 Å². The van der Waals surface area contributed by atoms with Crippen LogP contribution in [0, 0.1) is 5.92 Å². The quantitative estimate of drug-likeness (QED) is 0.829. The maximum absolute atomic E-state index is 12.6. The van der Waals surface area contributed by atoms with E-state index in [-0.39, 0.29) is 24.1 Å². The summed E-state index contributed by atoms with van der Waals surface area (Å²) in [5.74, 6) is 0.259. The molecule has 138 valence electrons. The Bertz CT molecular complexity index is 403. The molecule has 5 heteroatoms. The molecule has 1 saturated carbocycles. The van der Waals surface area contributed by atoms with Crippen LogP contribution >= 0.6 is 0 Å². The molecule has 0 aromatic carbocycles. The molecule has 2 amide bonds. The molecular formula is C19H35N3O2. The summed E-state index contributed by atoms with van der Waals surface area (Å²) in [4.78, 5) is 17.2. The number of aliphatic hydroxyl groups is 1. The van der Waals surface area contributed by atoms with E-state index < -0.39 is 0 Å². The third-order valence-electron chi connectivity index (χ3n) is 6.44. The fourth-order valence-corrected chi connectivity index (χ4v) is 4.93. The van der Waals surface area contributed by atoms with Gasteiger partial charge in [-0.15, -0.1) is 0 Å². The summed E-state index contributed by atoms with van der Waals surface area (Å²) in [6.07, 6.45) is 12.4. The van der Waals surface area contributed by atoms with Gasteiger partial charge >= 0.3 is 6.03 Å². The van der Waals surface area contributed by atoms with Gasteiger partial charge < -0.3 is 15.3 Å². The van der Waals surface area contributed by atoms with Gasteiger partial charge in [0.05, 0.1) is 0 Å². The molecule has 0 spiro atoms. The molecule has 2 heterocycles. The van der Waals surface area contributed by atoms with Crippen molar-refractivity contribution in [1.82, 2.24) is 15.1 Å². The van der Waals surface area contributed by atoms with Crippen LogP contribution in [-0.4, -0.2) is 65.8 Å². The van der Waals surface area contributed by atoms with E-state index in [1.54, 1.807) is 0 Å². The summed E-state index contributed by atoms with van der Waals surface area (Å²) in [6.45, 7) is 4.93. The lowest BCUT2D eigenvalue weighted by molar-refractivity contribution is 0.0336. The van der Waals surface area contributed by atoms with Crippen molar-refractivity contribution in [3.8, 4) is 0 Å². The Kier molecular flexibility index (Phi) is 6.39. The fourth-order valence-electron chi connectivity index (χ4n) is 4.93. The number of carbonyl (C=O) groups is 1. The van der Waals surface area contributed by atoms with E-state index in [2.05, 4.69) is 10.2 Å². The maximum atomic E-state index is 12.6. The van der Waals surface area contributed by atoms with Crippen LogP contribution in [0.3, 0.4) is 0 Å². The van der Waals surface area contributed by atoms with Gasteiger partial charge in [-0.25, -0.2) is 4.79 Å². The normalized spacial score (nSPS) is 28.5. The lowest BCUT2D eigenvalue weighted by Crippen LogP contribution is -2.59. The number of aliphatic hydroxyl groups excluding tert-OH is 1. The Morgan fingerprint density at radius 1 is 1.00 bits per heavy atom. The van der Waals surface area contributed by atoms with E-state index >= 15 is 0 Å². The fraction of sp³-hybridized carbons (Fsp3) is 0.947. The van der Waals surface area contributed by atoms with Crippen molar-refractivity contribution in [2.75, 3.05) is 39.3 Å². The van der Waals surface area contributed by atoms with Crippen molar-refractivity contribution < 1.29 is 9.90 Å². The summed E-state index contributed by atoms with van der Waals surface area (Å²) in [5, 5.41) is 12.6. The van der Waals surface area contributed by atoms with Gasteiger partial charge in [0.1, 0.15) is 0 Å². The second kappa shape index (κ2) is 8.52. The molecule has 24 heavy (non-hydrogen) atoms. The van der Waals surface area contributed by atoms with Gasteiger partial charge in [0.25, 0.3) is 0 Å². The predicted molar refractivity (Wildman–Crippen MR) is 96.0 cm³/mol. The third kappa shape index (κ3) is 4.23. The Balaban J connectivity index is 1.57. The molecule has 2 saturated heterocycles. The predicted octanol–water partition coefficient (Wildman–Crippen LogP) is 2.59. The zero-order chi connectivity index (χ0) is 16.8. The summed E-state index contributed by atoms with van der Waals surface area (Å²) in [5.41, 5.74) is 0.195. The number of nitrogens with one attached hydrogen (secondary N) is 1. The van der Waals surface area contributed by atoms with Gasteiger partial charge in [0.15, 0.2) is 0 Å². The number of hydrogen-bond donors (Lipinski definition) is 2. The molecule has 2 aliphatic heterocycles. The number of hydrogen-bond acceptors (Lipinski definition) is 3. The van der Waals surface area contributed by atoms with Gasteiger partial charge in [0.2, 0.25) is 0 Å². The minimum Gasteiger partial charge on any atom is -0.396 e. The van der Waals surface area contributed by atoms with E-state index in [9.17, 15) is 9.90 Å². The molecule has 1 unspecified atom stereocenters. The molecule has 3 fully saturated rings. The van der Waals surface area contributed by atoms with E-state index in [0.717, 1.165) is 25.9 Å². The molecule has 0 aromatic heterocycles. The second-order valence-electron chi connectivity index (χ2n) is 8.13. The first-order chi connectivity index (χ1) is 11.7. The van der Waals surface area contributed by atoms with Crippen LogP contribution < -0.4 is 5.32 Å². The van der Waals surface area contributed by atoms with Gasteiger partial charge in [-0.1, -0.05) is 25.7 Å². The van der Waals surface area contributed by atoms with E-state index in [1.807, 2.05) is 4.90 Å². The van der Waals surface area contributed by atoms with Crippen molar-refractivity contribution in [3.63, 3.8) is 0 Å². The lowest BCUT2D eigenvalue weighted by Gasteiger charge is -2.48. The first-order valence-corrected chi connectivity index (χ1v) is 10.1. The number of nitrogens with zero attached hydrogens (tertiary/aromatic N) is 2. The van der Waals surface area contributed by atoms with Gasteiger partial charge in [0, 0.05) is 31.8 Å². The Labute approximate surface area is 146 Å². The monoisotopic (exact) mass is 337 g/mol. The molecule has 3 aliphatic rings. The van der Waals surface area contributed by atoms with Crippen LogP contribution in [0.15, 0.2) is 0 Å². The molecule has 1 aliphatic carbocycles. The molecule has 0 radical (unpaired) electrons. The lowest BCUT2D eigenvalue weighted by atomic mass is 9.79. The van der Waals surface area contributed by atoms with Gasteiger partial charge in [-0.2, -0.15) is 0 Å². The van der Waals surface area contributed by atoms with E-state index in [4.69, 9.17) is 0 Å². The topological polar surface area (TPSA) is 55.8 Å². The highest BCUT2D eigenvalue weighted by Gasteiger charge is 2.39. The van der Waals surface area contributed by atoms with Crippen LogP contribution in [-0.2, 0) is 0 Å². The first kappa shape index (κ1) is 18.0. The largest absolute Gasteiger partial charge is 0.396 e. The molecule has 0 bridgehead atoms. The number of likely N-dealkylation sites (tertiary alicyclic amines) is 2. The van der Waals surface area contributed by atoms with Crippen LogP contribution in [0.1, 0.15) is 64.2 Å². The van der Waals surface area contributed by atoms with Crippen molar-refractivity contribution in [2.24, 2.45) is 5.92 Å². The van der Waals surface area contributed by atoms with Crippen LogP contribution in [0.5, 0.6) is 0 Å². The summed E-state index contributed by atoms with van der Waals surface area (Å²) in [6, 6.07) is 0.0788. The number of carbonyl (C=O) groups excluding carboxylic acids is 1. The Hall–Kier alpha value is -0.810. The highest BCUT2D eigenvalue weighted by atomic mass is 16.3. The molecule has 3 rings (SSSR count). The van der Waals surface area contributed by atoms with E-state index in [0.29, 0.717) is 6.54 Å². The smallest absolute Gasteiger partial charge is 0.317 e. The van der Waals surface area contributed by atoms with Crippen molar-refractivity contribution in [3.05, 3.63) is 0 Å². The van der Waals surface area contributed by atoms with Crippen LogP contribution in [0.4, 0.5) is 4.79 Å². The third-order valence-corrected chi connectivity index (χ3v) is 6.44. The second-order valence-corrected chi connectivity index (χ2v) is 8.13. The maximum Gasteiger partial charge on any atom is 0.317 e. The Morgan fingerprint density at radius 2 is 1.71 bits per heavy atom. The number of rotatable bonds is 4.